The molecule has 0 saturated carbocycles. The second-order valence-corrected chi connectivity index (χ2v) is 2.19. The summed E-state index contributed by atoms with van der Waals surface area (Å²) in [6.07, 6.45) is 1.54. The van der Waals surface area contributed by atoms with Crippen LogP contribution in [0, 0.1) is 17.6 Å². The van der Waals surface area contributed by atoms with E-state index >= 15 is 0 Å². The maximum Gasteiger partial charge on any atom is 0.386 e. The Morgan fingerprint density at radius 3 is 2.67 bits per heavy atom. The molecule has 0 aromatic rings. The van der Waals surface area contributed by atoms with Crippen molar-refractivity contribution < 1.29 is 14.3 Å². The molecule has 0 rings (SSSR count). The van der Waals surface area contributed by atoms with E-state index in [2.05, 4.69) is 4.74 Å². The van der Waals surface area contributed by atoms with Crippen LogP contribution < -0.4 is 0 Å². The predicted octanol–water partition coefficient (Wildman–Crippen LogP) is 1.38. The lowest BCUT2D eigenvalue weighted by Crippen LogP contribution is -2.10. The second-order valence-electron chi connectivity index (χ2n) is 2.19. The molecule has 0 aromatic heterocycles. The first-order valence-corrected chi connectivity index (χ1v) is 3.79. The van der Waals surface area contributed by atoms with E-state index in [0.29, 0.717) is 6.61 Å². The summed E-state index contributed by atoms with van der Waals surface area (Å²) in [4.78, 5) is 10.4. The Balaban J connectivity index is 3.55. The smallest absolute Gasteiger partial charge is 0.386 e. The normalized spacial score (nSPS) is 9.50. The van der Waals surface area contributed by atoms with Crippen molar-refractivity contribution in [3.05, 3.63) is 6.29 Å². The van der Waals surface area contributed by atoms with Crippen LogP contribution in [0.15, 0.2) is 0 Å². The van der Waals surface area contributed by atoms with Crippen LogP contribution in [0.5, 0.6) is 0 Å². The van der Waals surface area contributed by atoms with Crippen molar-refractivity contribution in [2.45, 2.75) is 26.7 Å². The monoisotopic (exact) mass is 170 g/mol. The highest BCUT2D eigenvalue weighted by molar-refractivity contribution is 5.67. The maximum absolute atomic E-state index is 10.4. The molecule has 0 heterocycles. The van der Waals surface area contributed by atoms with Crippen molar-refractivity contribution in [3.63, 3.8) is 0 Å². The number of carbonyl (C=O) groups excluding carboxylic acids is 1. The predicted molar refractivity (Wildman–Crippen MR) is 41.5 cm³/mol. The highest BCUT2D eigenvalue weighted by Gasteiger charge is 2.12. The lowest BCUT2D eigenvalue weighted by Gasteiger charge is -2.06. The Kier molecular flexibility index (Phi) is 6.02. The van der Waals surface area contributed by atoms with Crippen LogP contribution in [0.2, 0.25) is 0 Å². The van der Waals surface area contributed by atoms with E-state index in [4.69, 9.17) is 10.00 Å². The fourth-order valence-electron chi connectivity index (χ4n) is 0.524. The second kappa shape index (κ2) is 6.62. The Bertz CT molecular complexity index is 174. The maximum atomic E-state index is 10.4. The minimum Gasteiger partial charge on any atom is -0.412 e. The highest BCUT2D eigenvalue weighted by atomic mass is 16.7. The van der Waals surface area contributed by atoms with Gasteiger partial charge in [0.1, 0.15) is 0 Å². The number of esters is 1. The number of hydrogen-bond donors (Lipinski definition) is 0. The van der Waals surface area contributed by atoms with Gasteiger partial charge in [-0.05, 0) is 6.42 Å². The van der Waals surface area contributed by atoms with E-state index in [1.165, 1.54) is 6.92 Å². The van der Waals surface area contributed by atoms with Crippen LogP contribution in [0.3, 0.4) is 0 Å². The third kappa shape index (κ3) is 5.69. The van der Waals surface area contributed by atoms with Gasteiger partial charge in [0, 0.05) is 6.92 Å². The van der Waals surface area contributed by atoms with Gasteiger partial charge in [-0.25, -0.2) is 0 Å². The number of rotatable bonds is 5. The quantitative estimate of drug-likeness (QED) is 0.462. The molecule has 0 N–H and O–H groups in total. The molecule has 0 saturated heterocycles. The SMILES string of the molecule is CCCCO[C](C#N)OC(C)=O. The molecule has 0 aliphatic rings. The molecule has 0 unspecified atom stereocenters. The van der Waals surface area contributed by atoms with Crippen molar-refractivity contribution in [1.82, 2.24) is 0 Å². The number of carbonyl (C=O) groups is 1. The van der Waals surface area contributed by atoms with Gasteiger partial charge in [0.05, 0.1) is 6.61 Å². The Morgan fingerprint density at radius 2 is 2.25 bits per heavy atom. The van der Waals surface area contributed by atoms with Gasteiger partial charge in [0.2, 0.25) is 0 Å². The zero-order valence-corrected chi connectivity index (χ0v) is 7.29. The van der Waals surface area contributed by atoms with E-state index in [0.717, 1.165) is 12.8 Å². The molecule has 0 bridgehead atoms. The van der Waals surface area contributed by atoms with E-state index in [9.17, 15) is 4.79 Å². The molecule has 12 heavy (non-hydrogen) atoms. The van der Waals surface area contributed by atoms with Gasteiger partial charge in [-0.15, -0.1) is 0 Å². The van der Waals surface area contributed by atoms with Crippen LogP contribution in [0.4, 0.5) is 0 Å². The molecule has 0 aromatic carbocycles. The van der Waals surface area contributed by atoms with Crippen molar-refractivity contribution in [3.8, 4) is 6.07 Å². The molecular formula is C8H12NO3. The number of hydrogen-bond acceptors (Lipinski definition) is 4. The molecular weight excluding hydrogens is 158 g/mol. The van der Waals surface area contributed by atoms with Crippen LogP contribution >= 0.6 is 0 Å². The lowest BCUT2D eigenvalue weighted by molar-refractivity contribution is -0.147. The first-order valence-electron chi connectivity index (χ1n) is 3.79. The topological polar surface area (TPSA) is 59.3 Å². The Labute approximate surface area is 72.1 Å². The molecule has 0 fully saturated rings. The molecule has 1 radical (unpaired) electrons. The van der Waals surface area contributed by atoms with E-state index in [1.807, 2.05) is 6.92 Å². The molecule has 4 heteroatoms. The molecule has 0 atom stereocenters. The summed E-state index contributed by atoms with van der Waals surface area (Å²) in [5, 5.41) is 8.38. The summed E-state index contributed by atoms with van der Waals surface area (Å²) < 4.78 is 9.30. The number of nitriles is 1. The molecule has 0 spiro atoms. The molecule has 4 nitrogen and oxygen atoms in total. The molecule has 0 aliphatic carbocycles. The van der Waals surface area contributed by atoms with Crippen LogP contribution in [-0.4, -0.2) is 12.6 Å². The van der Waals surface area contributed by atoms with E-state index in [-0.39, 0.29) is 6.29 Å². The minimum absolute atomic E-state index is 0.268. The number of ether oxygens (including phenoxy) is 2. The van der Waals surface area contributed by atoms with Crippen LogP contribution in [0.1, 0.15) is 26.7 Å². The van der Waals surface area contributed by atoms with E-state index < -0.39 is 5.97 Å². The van der Waals surface area contributed by atoms with E-state index in [1.54, 1.807) is 6.07 Å². The summed E-state index contributed by atoms with van der Waals surface area (Å²) >= 11 is 0. The summed E-state index contributed by atoms with van der Waals surface area (Å²) in [5.41, 5.74) is 0. The van der Waals surface area contributed by atoms with Crippen molar-refractivity contribution in [2.75, 3.05) is 6.61 Å². The first-order chi connectivity index (χ1) is 5.70. The van der Waals surface area contributed by atoms with Gasteiger partial charge in [-0.1, -0.05) is 13.3 Å². The summed E-state index contributed by atoms with van der Waals surface area (Å²) in [5.74, 6) is -0.539. The summed E-state index contributed by atoms with van der Waals surface area (Å²) in [7, 11) is 0. The fraction of sp³-hybridized carbons (Fsp3) is 0.625. The third-order valence-electron chi connectivity index (χ3n) is 1.06. The van der Waals surface area contributed by atoms with Crippen molar-refractivity contribution >= 4 is 5.97 Å². The highest BCUT2D eigenvalue weighted by Crippen LogP contribution is 2.04. The molecule has 0 amide bonds. The average Bonchev–Trinajstić information content (AvgIpc) is 2.02. The van der Waals surface area contributed by atoms with Crippen molar-refractivity contribution in [1.29, 1.82) is 5.26 Å². The standard InChI is InChI=1S/C8H12NO3/c1-3-4-5-11-8(6-9)12-7(2)10/h3-5H2,1-2H3. The lowest BCUT2D eigenvalue weighted by atomic mass is 10.4. The van der Waals surface area contributed by atoms with Gasteiger partial charge >= 0.3 is 12.3 Å². The van der Waals surface area contributed by atoms with Crippen molar-refractivity contribution in [2.24, 2.45) is 0 Å². The fourth-order valence-corrected chi connectivity index (χ4v) is 0.524. The Hall–Kier alpha value is -1.08. The Morgan fingerprint density at radius 1 is 1.58 bits per heavy atom. The number of nitrogens with zero attached hydrogens (tertiary/aromatic N) is 1. The third-order valence-corrected chi connectivity index (χ3v) is 1.06. The molecule has 67 valence electrons. The summed E-state index contributed by atoms with van der Waals surface area (Å²) in [6, 6.07) is 1.64. The average molecular weight is 170 g/mol. The van der Waals surface area contributed by atoms with Gasteiger partial charge in [-0.2, -0.15) is 5.26 Å². The van der Waals surface area contributed by atoms with Gasteiger partial charge < -0.3 is 9.47 Å². The zero-order chi connectivity index (χ0) is 9.40. The van der Waals surface area contributed by atoms with Crippen LogP contribution in [0.25, 0.3) is 0 Å². The summed E-state index contributed by atoms with van der Waals surface area (Å²) in [6.45, 7) is 3.63. The van der Waals surface area contributed by atoms with Gasteiger partial charge in [0.15, 0.2) is 6.07 Å². The first kappa shape index (κ1) is 10.9. The van der Waals surface area contributed by atoms with Crippen LogP contribution in [-0.2, 0) is 14.3 Å². The van der Waals surface area contributed by atoms with Gasteiger partial charge in [-0.3, -0.25) is 4.79 Å². The largest absolute Gasteiger partial charge is 0.412 e. The zero-order valence-electron chi connectivity index (χ0n) is 7.29. The minimum atomic E-state index is -0.539. The molecule has 0 aliphatic heterocycles. The van der Waals surface area contributed by atoms with Gasteiger partial charge in [0.25, 0.3) is 0 Å². The number of unbranched alkanes of at least 4 members (excludes halogenated alkanes) is 1.